The quantitative estimate of drug-likeness (QED) is 0.0764. The number of methoxy groups -OCH3 is 1. The average Bonchev–Trinajstić information content (AvgIpc) is 3.16. The molecule has 6 fully saturated rings. The molecule has 0 aromatic heterocycles. The molecule has 0 aromatic carbocycles. The van der Waals surface area contributed by atoms with E-state index in [0.29, 0.717) is 57.8 Å². The van der Waals surface area contributed by atoms with Gasteiger partial charge in [-0.25, -0.2) is 21.0 Å². The Bertz CT molecular complexity index is 1690. The normalized spacial score (nSPS) is 41.2. The molecule has 0 spiro atoms. The molecular weight excluding hydrogens is 823 g/mol. The van der Waals surface area contributed by atoms with Crippen LogP contribution >= 0.6 is 0 Å². The minimum atomic E-state index is -4.35. The SMILES string of the molecule is COC1CC(N=NC2CCCC(S(=O)(=O)[O-])C2)CCC1N=NC1CCC(N=NC2C(OS(=O)[O-])CC3CCC(NC4CCCC(S(=O)(=O)[O-])C4)CC3C2O)CC1C.[Li+].[Li+].[Li+]. The fraction of sp³-hybridized carbons (Fsp3) is 1.00. The Kier molecular flexibility index (Phi) is 22.6. The van der Waals surface area contributed by atoms with E-state index in [0.717, 1.165) is 44.9 Å². The molecule has 6 saturated carbocycles. The molecule has 0 heterocycles. The van der Waals surface area contributed by atoms with Gasteiger partial charge in [-0.1, -0.05) is 19.8 Å². The van der Waals surface area contributed by atoms with Crippen LogP contribution in [-0.2, 0) is 40.5 Å². The number of aliphatic hydroxyl groups is 1. The second-order valence-electron chi connectivity index (χ2n) is 17.6. The van der Waals surface area contributed by atoms with E-state index in [1.165, 1.54) is 0 Å². The Balaban J connectivity index is 0.00000320. The van der Waals surface area contributed by atoms with Gasteiger partial charge in [0.15, 0.2) is 0 Å². The van der Waals surface area contributed by atoms with Crippen LogP contribution in [0.4, 0.5) is 0 Å². The van der Waals surface area contributed by atoms with Crippen LogP contribution in [0.3, 0.4) is 0 Å². The third kappa shape index (κ3) is 15.2. The first-order valence-corrected chi connectivity index (χ1v) is 24.8. The van der Waals surface area contributed by atoms with Crippen LogP contribution in [0.2, 0.25) is 0 Å². The number of hydrogen-bond acceptors (Lipinski definition) is 18. The van der Waals surface area contributed by atoms with E-state index in [1.807, 2.05) is 0 Å². The predicted molar refractivity (Wildman–Crippen MR) is 205 cm³/mol. The van der Waals surface area contributed by atoms with Crippen LogP contribution in [0.1, 0.15) is 122 Å². The summed E-state index contributed by atoms with van der Waals surface area (Å²) >= 11 is -2.79. The molecule has 60 heavy (non-hydrogen) atoms. The Morgan fingerprint density at radius 2 is 1.20 bits per heavy atom. The van der Waals surface area contributed by atoms with Gasteiger partial charge in [-0.05, 0) is 120 Å². The first-order valence-electron chi connectivity index (χ1n) is 20.9. The van der Waals surface area contributed by atoms with Crippen molar-refractivity contribution in [1.82, 2.24) is 5.32 Å². The largest absolute Gasteiger partial charge is 1.00 e. The second kappa shape index (κ2) is 24.8. The number of azo groups is 3. The van der Waals surface area contributed by atoms with Gasteiger partial charge in [-0.3, -0.25) is 4.18 Å². The van der Waals surface area contributed by atoms with Gasteiger partial charge in [-0.15, -0.1) is 0 Å². The van der Waals surface area contributed by atoms with E-state index in [1.54, 1.807) is 7.11 Å². The number of fused-ring (bicyclic) bond motifs is 1. The van der Waals surface area contributed by atoms with Gasteiger partial charge in [0.25, 0.3) is 0 Å². The zero-order valence-corrected chi connectivity index (χ0v) is 38.4. The zero-order chi connectivity index (χ0) is 40.9. The van der Waals surface area contributed by atoms with Crippen LogP contribution in [-0.4, -0.2) is 124 Å². The standard InChI is InChI=1S/C36H63N7O11S3.3Li/c1-21-15-26(11-13-31(21)41-42-32-14-12-27(20-33(32)53-2)39-38-25-6-4-8-29(18-25)57(50,51)52)40-43-35-34(54-55(45)46)16-22-9-10-24(19-30(22)36(35)44)37-23-5-3-7-28(17-23)56(47,48)49;;;/h21-37,44H,3-20H2,1-2H3,(H,45,46)(H,47,48,49)(H,50,51,52);;;/q;3*+1/p-3. The summed E-state index contributed by atoms with van der Waals surface area (Å²) in [4.78, 5) is 0. The maximum absolute atomic E-state index is 11.7. The van der Waals surface area contributed by atoms with Crippen LogP contribution in [0.25, 0.3) is 0 Å². The van der Waals surface area contributed by atoms with Crippen molar-refractivity contribution in [3.8, 4) is 0 Å². The maximum atomic E-state index is 11.7. The van der Waals surface area contributed by atoms with Gasteiger partial charge in [0.2, 0.25) is 0 Å². The fourth-order valence-electron chi connectivity index (χ4n) is 10.5. The summed E-state index contributed by atoms with van der Waals surface area (Å²) in [6.07, 6.45) is 8.94. The van der Waals surface area contributed by atoms with E-state index < -0.39 is 60.3 Å². The fourth-order valence-corrected chi connectivity index (χ4v) is 12.7. The van der Waals surface area contributed by atoms with Gasteiger partial charge >= 0.3 is 56.6 Å². The van der Waals surface area contributed by atoms with Gasteiger partial charge < -0.3 is 28.8 Å². The number of rotatable bonds is 13. The molecule has 0 radical (unpaired) electrons. The minimum Gasteiger partial charge on any atom is -0.750 e. The van der Waals surface area contributed by atoms with E-state index in [-0.39, 0.29) is 136 Å². The van der Waals surface area contributed by atoms with Crippen LogP contribution in [0.5, 0.6) is 0 Å². The number of aliphatic hydroxyl groups excluding tert-OH is 1. The third-order valence-corrected chi connectivity index (χ3v) is 16.6. The third-order valence-electron chi connectivity index (χ3n) is 13.7. The summed E-state index contributed by atoms with van der Waals surface area (Å²) in [6.45, 7) is 2.10. The van der Waals surface area contributed by atoms with E-state index >= 15 is 0 Å². The topological polar surface area (TPSA) is 279 Å². The molecular formula is C36H60Li3N7O11S3. The molecule has 6 aliphatic carbocycles. The molecule has 0 amide bonds. The molecule has 2 N–H and O–H groups in total. The van der Waals surface area contributed by atoms with E-state index in [4.69, 9.17) is 19.1 Å². The van der Waals surface area contributed by atoms with Crippen LogP contribution in [0.15, 0.2) is 30.7 Å². The minimum absolute atomic E-state index is 0. The van der Waals surface area contributed by atoms with E-state index in [9.17, 15) is 39.8 Å². The Morgan fingerprint density at radius 1 is 0.633 bits per heavy atom. The first kappa shape index (κ1) is 54.7. The van der Waals surface area contributed by atoms with Gasteiger partial charge in [-0.2, -0.15) is 30.7 Å². The van der Waals surface area contributed by atoms with Crippen LogP contribution in [0, 0.1) is 17.8 Å². The van der Waals surface area contributed by atoms with Crippen molar-refractivity contribution in [2.45, 2.75) is 200 Å². The van der Waals surface area contributed by atoms with Crippen molar-refractivity contribution in [1.29, 1.82) is 0 Å². The number of nitrogens with one attached hydrogen (secondary N) is 1. The Morgan fingerprint density at radius 3 is 1.83 bits per heavy atom. The summed E-state index contributed by atoms with van der Waals surface area (Å²) in [5.74, 6) is 0.0282. The molecule has 6 aliphatic rings. The van der Waals surface area contributed by atoms with Crippen LogP contribution < -0.4 is 61.9 Å². The molecule has 17 unspecified atom stereocenters. The van der Waals surface area contributed by atoms with Gasteiger partial charge in [0.1, 0.15) is 12.1 Å². The molecule has 0 aromatic rings. The van der Waals surface area contributed by atoms with Crippen molar-refractivity contribution in [3.63, 3.8) is 0 Å². The second-order valence-corrected chi connectivity index (χ2v) is 21.5. The van der Waals surface area contributed by atoms with Crippen molar-refractivity contribution >= 4 is 31.6 Å². The molecule has 0 bridgehead atoms. The zero-order valence-electron chi connectivity index (χ0n) is 35.9. The number of hydrogen-bond donors (Lipinski definition) is 2. The first-order chi connectivity index (χ1) is 27.1. The van der Waals surface area contributed by atoms with Crippen molar-refractivity contribution < 1.29 is 105 Å². The Labute approximate surface area is 394 Å². The molecule has 18 nitrogen and oxygen atoms in total. The molecule has 0 aliphatic heterocycles. The van der Waals surface area contributed by atoms with Crippen molar-refractivity contribution in [2.24, 2.45) is 48.4 Å². The predicted octanol–water partition coefficient (Wildman–Crippen LogP) is -4.75. The molecule has 24 heteroatoms. The molecule has 17 atom stereocenters. The smallest absolute Gasteiger partial charge is 0.750 e. The summed E-state index contributed by atoms with van der Waals surface area (Å²) in [6, 6.07) is -1.50. The van der Waals surface area contributed by atoms with Gasteiger partial charge in [0.05, 0.1) is 84.5 Å². The molecule has 0 saturated heterocycles. The van der Waals surface area contributed by atoms with E-state index in [2.05, 4.69) is 32.7 Å². The van der Waals surface area contributed by atoms with Crippen molar-refractivity contribution in [3.05, 3.63) is 0 Å². The van der Waals surface area contributed by atoms with Gasteiger partial charge in [0, 0.05) is 19.2 Å². The summed E-state index contributed by atoms with van der Waals surface area (Å²) in [5.41, 5.74) is 0. The number of nitrogens with zero attached hydrogens (tertiary/aromatic N) is 6. The monoisotopic (exact) mass is 883 g/mol. The average molecular weight is 884 g/mol. The van der Waals surface area contributed by atoms with Crippen molar-refractivity contribution in [2.75, 3.05) is 7.11 Å². The summed E-state index contributed by atoms with van der Waals surface area (Å²) in [5, 5.41) is 41.2. The Hall–Kier alpha value is 0.362. The maximum Gasteiger partial charge on any atom is 1.00 e. The number of ether oxygens (including phenoxy) is 1. The molecule has 6 rings (SSSR count). The summed E-state index contributed by atoms with van der Waals surface area (Å²) in [7, 11) is -7.03. The summed E-state index contributed by atoms with van der Waals surface area (Å²) < 4.78 is 104. The molecule has 326 valence electrons.